The lowest BCUT2D eigenvalue weighted by Gasteiger charge is -2.42. The fourth-order valence-electron chi connectivity index (χ4n) is 2.69. The first-order valence-corrected chi connectivity index (χ1v) is 7.01. The number of nitrogens with zero attached hydrogens (tertiary/aromatic N) is 2. The van der Waals surface area contributed by atoms with Crippen molar-refractivity contribution in [3.8, 4) is 0 Å². The molecule has 3 heteroatoms. The fraction of sp³-hybridized carbons (Fsp3) is 1.00. The van der Waals surface area contributed by atoms with Gasteiger partial charge in [-0.05, 0) is 25.7 Å². The van der Waals surface area contributed by atoms with E-state index < -0.39 is 0 Å². The minimum Gasteiger partial charge on any atom is -0.329 e. The monoisotopic (exact) mass is 241 g/mol. The van der Waals surface area contributed by atoms with Crippen LogP contribution in [0.1, 0.15) is 41.0 Å². The van der Waals surface area contributed by atoms with Gasteiger partial charge in [0.25, 0.3) is 0 Å². The van der Waals surface area contributed by atoms with E-state index in [0.29, 0.717) is 17.5 Å². The molecule has 0 spiro atoms. The van der Waals surface area contributed by atoms with Crippen molar-refractivity contribution in [1.29, 1.82) is 0 Å². The van der Waals surface area contributed by atoms with Crippen LogP contribution in [0.2, 0.25) is 0 Å². The Morgan fingerprint density at radius 2 is 1.47 bits per heavy atom. The molecule has 0 aromatic heterocycles. The van der Waals surface area contributed by atoms with Gasteiger partial charge in [0.05, 0.1) is 0 Å². The van der Waals surface area contributed by atoms with Gasteiger partial charge in [0.2, 0.25) is 0 Å². The minimum atomic E-state index is 0.374. The molecular formula is C14H31N3. The van der Waals surface area contributed by atoms with Crippen LogP contribution >= 0.6 is 0 Å². The van der Waals surface area contributed by atoms with Gasteiger partial charge in [-0.3, -0.25) is 9.80 Å². The van der Waals surface area contributed by atoms with Gasteiger partial charge in [0, 0.05) is 44.8 Å². The van der Waals surface area contributed by atoms with Gasteiger partial charge in [-0.2, -0.15) is 0 Å². The largest absolute Gasteiger partial charge is 0.329 e. The smallest absolute Gasteiger partial charge is 0.0224 e. The highest BCUT2D eigenvalue weighted by Gasteiger charge is 2.27. The van der Waals surface area contributed by atoms with Crippen LogP contribution in [-0.2, 0) is 0 Å². The van der Waals surface area contributed by atoms with Crippen molar-refractivity contribution in [2.45, 2.75) is 53.1 Å². The van der Waals surface area contributed by atoms with Gasteiger partial charge in [0.15, 0.2) is 0 Å². The topological polar surface area (TPSA) is 32.5 Å². The van der Waals surface area contributed by atoms with Crippen molar-refractivity contribution in [1.82, 2.24) is 9.80 Å². The molecule has 0 aromatic carbocycles. The van der Waals surface area contributed by atoms with Gasteiger partial charge in [0.1, 0.15) is 0 Å². The predicted molar refractivity (Wildman–Crippen MR) is 75.2 cm³/mol. The van der Waals surface area contributed by atoms with E-state index in [1.807, 2.05) is 0 Å². The summed E-state index contributed by atoms with van der Waals surface area (Å²) in [6, 6.07) is 1.24. The Balaban J connectivity index is 2.45. The Morgan fingerprint density at radius 1 is 1.00 bits per heavy atom. The molecule has 1 unspecified atom stereocenters. The zero-order valence-electron chi connectivity index (χ0n) is 12.4. The van der Waals surface area contributed by atoms with E-state index in [9.17, 15) is 0 Å². The third-order valence-electron chi connectivity index (χ3n) is 3.72. The summed E-state index contributed by atoms with van der Waals surface area (Å²) in [5.41, 5.74) is 6.32. The fourth-order valence-corrected chi connectivity index (χ4v) is 2.69. The van der Waals surface area contributed by atoms with Crippen LogP contribution in [0.15, 0.2) is 0 Å². The van der Waals surface area contributed by atoms with E-state index in [4.69, 9.17) is 5.73 Å². The van der Waals surface area contributed by atoms with E-state index in [1.54, 1.807) is 0 Å². The van der Waals surface area contributed by atoms with Gasteiger partial charge >= 0.3 is 0 Å². The van der Waals surface area contributed by atoms with Crippen molar-refractivity contribution in [2.75, 3.05) is 32.7 Å². The summed E-state index contributed by atoms with van der Waals surface area (Å²) in [5.74, 6) is 0. The first-order chi connectivity index (χ1) is 7.83. The molecule has 2 N–H and O–H groups in total. The van der Waals surface area contributed by atoms with Gasteiger partial charge in [-0.25, -0.2) is 0 Å². The second kappa shape index (κ2) is 6.17. The normalized spacial score (nSPS) is 22.1. The SMILES string of the molecule is CC(C)N1CCN(C(CN)CC(C)(C)C)CC1. The quantitative estimate of drug-likeness (QED) is 0.814. The molecule has 1 aliphatic rings. The van der Waals surface area contributed by atoms with Crippen LogP contribution in [0.3, 0.4) is 0 Å². The summed E-state index contributed by atoms with van der Waals surface area (Å²) in [4.78, 5) is 5.14. The van der Waals surface area contributed by atoms with E-state index in [-0.39, 0.29) is 0 Å². The summed E-state index contributed by atoms with van der Waals surface area (Å²) < 4.78 is 0. The Kier molecular flexibility index (Phi) is 5.42. The van der Waals surface area contributed by atoms with Crippen molar-refractivity contribution < 1.29 is 0 Å². The van der Waals surface area contributed by atoms with Crippen LogP contribution in [0, 0.1) is 5.41 Å². The van der Waals surface area contributed by atoms with Crippen LogP contribution in [-0.4, -0.2) is 54.6 Å². The van der Waals surface area contributed by atoms with Crippen molar-refractivity contribution in [3.63, 3.8) is 0 Å². The molecule has 1 saturated heterocycles. The number of piperazine rings is 1. The molecule has 0 amide bonds. The summed E-state index contributed by atoms with van der Waals surface area (Å²) in [6.45, 7) is 17.0. The molecule has 0 saturated carbocycles. The molecule has 0 aliphatic carbocycles. The lowest BCUT2D eigenvalue weighted by atomic mass is 9.87. The lowest BCUT2D eigenvalue weighted by molar-refractivity contribution is 0.0653. The van der Waals surface area contributed by atoms with Gasteiger partial charge in [-0.1, -0.05) is 20.8 Å². The highest BCUT2D eigenvalue weighted by atomic mass is 15.3. The van der Waals surface area contributed by atoms with E-state index in [1.165, 1.54) is 32.6 Å². The maximum atomic E-state index is 5.95. The van der Waals surface area contributed by atoms with Crippen LogP contribution in [0.4, 0.5) is 0 Å². The summed E-state index contributed by atoms with van der Waals surface area (Å²) in [6.07, 6.45) is 1.20. The van der Waals surface area contributed by atoms with E-state index in [2.05, 4.69) is 44.4 Å². The molecule has 1 aliphatic heterocycles. The minimum absolute atomic E-state index is 0.374. The molecule has 1 rings (SSSR count). The van der Waals surface area contributed by atoms with Crippen molar-refractivity contribution in [2.24, 2.45) is 11.1 Å². The van der Waals surface area contributed by atoms with Crippen LogP contribution < -0.4 is 5.73 Å². The molecule has 0 aromatic rings. The highest BCUT2D eigenvalue weighted by Crippen LogP contribution is 2.24. The summed E-state index contributed by atoms with van der Waals surface area (Å²) in [5, 5.41) is 0. The zero-order chi connectivity index (χ0) is 13.1. The molecule has 3 nitrogen and oxygen atoms in total. The van der Waals surface area contributed by atoms with Gasteiger partial charge < -0.3 is 5.73 Å². The Labute approximate surface area is 107 Å². The molecule has 1 heterocycles. The molecule has 1 fully saturated rings. The average molecular weight is 241 g/mol. The number of rotatable bonds is 4. The number of hydrogen-bond donors (Lipinski definition) is 1. The summed E-state index contributed by atoms with van der Waals surface area (Å²) >= 11 is 0. The third-order valence-corrected chi connectivity index (χ3v) is 3.72. The predicted octanol–water partition coefficient (Wildman–Crippen LogP) is 1.78. The van der Waals surface area contributed by atoms with Crippen molar-refractivity contribution >= 4 is 0 Å². The highest BCUT2D eigenvalue weighted by molar-refractivity contribution is 4.83. The Hall–Kier alpha value is -0.120. The average Bonchev–Trinajstić information content (AvgIpc) is 2.25. The first-order valence-electron chi connectivity index (χ1n) is 7.01. The maximum absolute atomic E-state index is 5.95. The molecule has 17 heavy (non-hydrogen) atoms. The second-order valence-electron chi connectivity index (χ2n) is 6.82. The molecule has 102 valence electrons. The molecule has 0 radical (unpaired) electrons. The molecule has 0 bridgehead atoms. The number of nitrogens with two attached hydrogens (primary N) is 1. The third kappa shape index (κ3) is 4.94. The second-order valence-corrected chi connectivity index (χ2v) is 6.82. The molecular weight excluding hydrogens is 210 g/mol. The number of hydrogen-bond acceptors (Lipinski definition) is 3. The lowest BCUT2D eigenvalue weighted by Crippen LogP contribution is -2.54. The van der Waals surface area contributed by atoms with E-state index >= 15 is 0 Å². The van der Waals surface area contributed by atoms with Crippen LogP contribution in [0.5, 0.6) is 0 Å². The van der Waals surface area contributed by atoms with Crippen LogP contribution in [0.25, 0.3) is 0 Å². The summed E-state index contributed by atoms with van der Waals surface area (Å²) in [7, 11) is 0. The molecule has 1 atom stereocenters. The maximum Gasteiger partial charge on any atom is 0.0224 e. The Morgan fingerprint density at radius 3 is 1.82 bits per heavy atom. The zero-order valence-corrected chi connectivity index (χ0v) is 12.4. The standard InChI is InChI=1S/C14H31N3/c1-12(2)16-6-8-17(9-7-16)13(11-15)10-14(3,4)5/h12-13H,6-11,15H2,1-5H3. The first kappa shape index (κ1) is 14.9. The van der Waals surface area contributed by atoms with Crippen molar-refractivity contribution in [3.05, 3.63) is 0 Å². The Bertz CT molecular complexity index is 212. The van der Waals surface area contributed by atoms with E-state index in [0.717, 1.165) is 6.54 Å². The van der Waals surface area contributed by atoms with Gasteiger partial charge in [-0.15, -0.1) is 0 Å².